The average Bonchev–Trinajstić information content (AvgIpc) is 2.33. The van der Waals surface area contributed by atoms with Gasteiger partial charge in [-0.25, -0.2) is 4.79 Å². The number of aliphatic hydroxyl groups excluding tert-OH is 1. The minimum Gasteiger partial charge on any atom is -0.480 e. The first kappa shape index (κ1) is 16.0. The Bertz CT molecular complexity index is 514. The number of alkyl halides is 3. The number of halogens is 3. The molecule has 0 saturated carbocycles. The zero-order valence-corrected chi connectivity index (χ0v) is 10.3. The normalized spacial score (nSPS) is 14.4. The number of aliphatic carboxylic acids is 1. The van der Waals surface area contributed by atoms with Gasteiger partial charge in [-0.05, 0) is 19.1 Å². The van der Waals surface area contributed by atoms with Crippen LogP contribution in [0.4, 0.5) is 13.2 Å². The van der Waals surface area contributed by atoms with Gasteiger partial charge in [-0.15, -0.1) is 0 Å². The van der Waals surface area contributed by atoms with E-state index in [0.29, 0.717) is 6.07 Å². The summed E-state index contributed by atoms with van der Waals surface area (Å²) in [5.41, 5.74) is -1.88. The van der Waals surface area contributed by atoms with Crippen LogP contribution in [0.1, 0.15) is 22.8 Å². The number of carboxylic acid groups (broad SMARTS) is 1. The second-order valence-corrected chi connectivity index (χ2v) is 4.07. The minimum atomic E-state index is -4.74. The maximum Gasteiger partial charge on any atom is 0.417 e. The van der Waals surface area contributed by atoms with E-state index in [9.17, 15) is 27.9 Å². The van der Waals surface area contributed by atoms with Gasteiger partial charge in [0.2, 0.25) is 0 Å². The van der Waals surface area contributed by atoms with Crippen LogP contribution in [0.3, 0.4) is 0 Å². The molecule has 0 aliphatic heterocycles. The molecule has 0 heterocycles. The van der Waals surface area contributed by atoms with Crippen LogP contribution >= 0.6 is 0 Å². The Labute approximate surface area is 112 Å². The largest absolute Gasteiger partial charge is 0.480 e. The number of aliphatic hydroxyl groups is 1. The molecule has 0 aromatic heterocycles. The smallest absolute Gasteiger partial charge is 0.417 e. The van der Waals surface area contributed by atoms with Crippen molar-refractivity contribution in [2.45, 2.75) is 25.2 Å². The van der Waals surface area contributed by atoms with Gasteiger partial charge in [0.05, 0.1) is 17.2 Å². The van der Waals surface area contributed by atoms with E-state index in [2.05, 4.69) is 0 Å². The Hall–Kier alpha value is -2.09. The van der Waals surface area contributed by atoms with E-state index in [1.54, 1.807) is 0 Å². The van der Waals surface area contributed by atoms with Gasteiger partial charge < -0.3 is 15.5 Å². The lowest BCUT2D eigenvalue weighted by Gasteiger charge is -2.18. The molecule has 0 aliphatic rings. The van der Waals surface area contributed by atoms with Crippen LogP contribution in [-0.2, 0) is 11.0 Å². The molecule has 1 amide bonds. The molecule has 1 aromatic carbocycles. The van der Waals surface area contributed by atoms with E-state index < -0.39 is 41.3 Å². The van der Waals surface area contributed by atoms with Crippen molar-refractivity contribution in [2.75, 3.05) is 0 Å². The van der Waals surface area contributed by atoms with E-state index in [-0.39, 0.29) is 0 Å². The van der Waals surface area contributed by atoms with Crippen molar-refractivity contribution in [3.8, 4) is 0 Å². The summed E-state index contributed by atoms with van der Waals surface area (Å²) in [4.78, 5) is 22.5. The predicted octanol–water partition coefficient (Wildman–Crippen LogP) is 1.27. The predicted molar refractivity (Wildman–Crippen MR) is 62.0 cm³/mol. The highest BCUT2D eigenvalue weighted by molar-refractivity contribution is 5.98. The molecule has 0 bridgehead atoms. The van der Waals surface area contributed by atoms with Crippen LogP contribution < -0.4 is 5.32 Å². The number of carboxylic acids is 1. The van der Waals surface area contributed by atoms with Crippen LogP contribution in [0.15, 0.2) is 24.3 Å². The molecular weight excluding hydrogens is 279 g/mol. The van der Waals surface area contributed by atoms with E-state index in [1.165, 1.54) is 6.07 Å². The lowest BCUT2D eigenvalue weighted by molar-refractivity contribution is -0.141. The Morgan fingerprint density at radius 2 is 1.80 bits per heavy atom. The van der Waals surface area contributed by atoms with Crippen LogP contribution in [0.25, 0.3) is 0 Å². The maximum atomic E-state index is 12.7. The standard InChI is InChI=1S/C12H12F3NO4/c1-6(17)9(11(19)20)16-10(18)7-4-2-3-5-8(7)12(13,14)15/h2-6,9,17H,1H3,(H,16,18)(H,19,20). The Morgan fingerprint density at radius 1 is 1.25 bits per heavy atom. The quantitative estimate of drug-likeness (QED) is 0.779. The molecule has 1 aromatic rings. The van der Waals surface area contributed by atoms with E-state index in [0.717, 1.165) is 19.1 Å². The van der Waals surface area contributed by atoms with Gasteiger partial charge in [0.25, 0.3) is 5.91 Å². The Balaban J connectivity index is 3.07. The van der Waals surface area contributed by atoms with Crippen molar-refractivity contribution in [3.63, 3.8) is 0 Å². The number of nitrogens with one attached hydrogen (secondary N) is 1. The molecular formula is C12H12F3NO4. The maximum absolute atomic E-state index is 12.7. The number of benzene rings is 1. The number of rotatable bonds is 4. The first-order valence-corrected chi connectivity index (χ1v) is 5.52. The van der Waals surface area contributed by atoms with Gasteiger partial charge in [-0.1, -0.05) is 12.1 Å². The molecule has 1 rings (SSSR count). The Kier molecular flexibility index (Phi) is 4.72. The SMILES string of the molecule is CC(O)C(NC(=O)c1ccccc1C(F)(F)F)C(=O)O. The molecule has 20 heavy (non-hydrogen) atoms. The summed E-state index contributed by atoms with van der Waals surface area (Å²) in [6.07, 6.45) is -6.19. The van der Waals surface area contributed by atoms with Crippen molar-refractivity contribution in [3.05, 3.63) is 35.4 Å². The summed E-state index contributed by atoms with van der Waals surface area (Å²) >= 11 is 0. The fourth-order valence-corrected chi connectivity index (χ4v) is 1.54. The highest BCUT2D eigenvalue weighted by Crippen LogP contribution is 2.31. The van der Waals surface area contributed by atoms with Crippen LogP contribution in [0, 0.1) is 0 Å². The van der Waals surface area contributed by atoms with Crippen LogP contribution in [0.5, 0.6) is 0 Å². The van der Waals surface area contributed by atoms with E-state index in [1.807, 2.05) is 5.32 Å². The molecule has 2 atom stereocenters. The van der Waals surface area contributed by atoms with Crippen molar-refractivity contribution in [2.24, 2.45) is 0 Å². The number of hydrogen-bond donors (Lipinski definition) is 3. The van der Waals surface area contributed by atoms with Crippen LogP contribution in [-0.4, -0.2) is 34.2 Å². The zero-order chi connectivity index (χ0) is 15.5. The topological polar surface area (TPSA) is 86.6 Å². The van der Waals surface area contributed by atoms with E-state index in [4.69, 9.17) is 5.11 Å². The van der Waals surface area contributed by atoms with Gasteiger partial charge in [-0.2, -0.15) is 13.2 Å². The number of amides is 1. The van der Waals surface area contributed by atoms with Crippen LogP contribution in [0.2, 0.25) is 0 Å². The summed E-state index contributed by atoms with van der Waals surface area (Å²) < 4.78 is 38.2. The minimum absolute atomic E-state index is 0.702. The van der Waals surface area contributed by atoms with Gasteiger partial charge >= 0.3 is 12.1 Å². The summed E-state index contributed by atoms with van der Waals surface area (Å²) in [5, 5.41) is 19.8. The highest BCUT2D eigenvalue weighted by Gasteiger charge is 2.36. The molecule has 110 valence electrons. The Morgan fingerprint density at radius 3 is 2.25 bits per heavy atom. The third kappa shape index (κ3) is 3.70. The second kappa shape index (κ2) is 5.91. The summed E-state index contributed by atoms with van der Waals surface area (Å²) in [5.74, 6) is -2.76. The first-order chi connectivity index (χ1) is 9.14. The molecule has 0 aliphatic carbocycles. The molecule has 5 nitrogen and oxygen atoms in total. The van der Waals surface area contributed by atoms with Crippen molar-refractivity contribution in [1.82, 2.24) is 5.32 Å². The average molecular weight is 291 g/mol. The fraction of sp³-hybridized carbons (Fsp3) is 0.333. The van der Waals surface area contributed by atoms with Crippen molar-refractivity contribution in [1.29, 1.82) is 0 Å². The molecule has 2 unspecified atom stereocenters. The molecule has 0 fully saturated rings. The van der Waals surface area contributed by atoms with Gasteiger partial charge in [0.15, 0.2) is 6.04 Å². The van der Waals surface area contributed by atoms with E-state index >= 15 is 0 Å². The van der Waals surface area contributed by atoms with Gasteiger partial charge in [0, 0.05) is 0 Å². The third-order valence-corrected chi connectivity index (χ3v) is 2.51. The molecule has 0 spiro atoms. The molecule has 0 radical (unpaired) electrons. The molecule has 3 N–H and O–H groups in total. The lowest BCUT2D eigenvalue weighted by Crippen LogP contribution is -2.48. The summed E-state index contributed by atoms with van der Waals surface area (Å²) in [6, 6.07) is 2.29. The van der Waals surface area contributed by atoms with Gasteiger partial charge in [0.1, 0.15) is 0 Å². The number of carbonyl (C=O) groups excluding carboxylic acids is 1. The third-order valence-electron chi connectivity index (χ3n) is 2.51. The number of hydrogen-bond acceptors (Lipinski definition) is 3. The highest BCUT2D eigenvalue weighted by atomic mass is 19.4. The molecule has 0 saturated heterocycles. The number of carbonyl (C=O) groups is 2. The van der Waals surface area contributed by atoms with Gasteiger partial charge in [-0.3, -0.25) is 4.79 Å². The molecule has 8 heteroatoms. The summed E-state index contributed by atoms with van der Waals surface area (Å²) in [6.45, 7) is 1.11. The summed E-state index contributed by atoms with van der Waals surface area (Å²) in [7, 11) is 0. The van der Waals surface area contributed by atoms with Crippen molar-refractivity contribution < 1.29 is 33.0 Å². The fourth-order valence-electron chi connectivity index (χ4n) is 1.54. The first-order valence-electron chi connectivity index (χ1n) is 5.52. The lowest BCUT2D eigenvalue weighted by atomic mass is 10.1. The van der Waals surface area contributed by atoms with Crippen molar-refractivity contribution >= 4 is 11.9 Å². The monoisotopic (exact) mass is 291 g/mol. The zero-order valence-electron chi connectivity index (χ0n) is 10.3. The second-order valence-electron chi connectivity index (χ2n) is 4.07.